The highest BCUT2D eigenvalue weighted by Gasteiger charge is 2.32. The molecule has 25 heavy (non-hydrogen) atoms. The smallest absolute Gasteiger partial charge is 0.254 e. The van der Waals surface area contributed by atoms with Gasteiger partial charge in [0.15, 0.2) is 0 Å². The molecule has 1 saturated heterocycles. The van der Waals surface area contributed by atoms with Gasteiger partial charge in [-0.25, -0.2) is 0 Å². The summed E-state index contributed by atoms with van der Waals surface area (Å²) in [5, 5.41) is 0. The van der Waals surface area contributed by atoms with Gasteiger partial charge in [-0.3, -0.25) is 4.79 Å². The molecule has 0 bridgehead atoms. The molecule has 1 atom stereocenters. The number of nitrogens with zero attached hydrogens (tertiary/aromatic N) is 1. The van der Waals surface area contributed by atoms with Gasteiger partial charge in [-0.15, -0.1) is 0 Å². The van der Waals surface area contributed by atoms with Crippen LogP contribution in [-0.2, 0) is 0 Å². The van der Waals surface area contributed by atoms with Crippen LogP contribution in [0.25, 0.3) is 0 Å². The number of hydrogen-bond acceptors (Lipinski definition) is 4. The normalized spacial score (nSPS) is 16.6. The van der Waals surface area contributed by atoms with E-state index in [9.17, 15) is 4.79 Å². The minimum Gasteiger partial charge on any atom is -0.497 e. The molecule has 1 aliphatic heterocycles. The average Bonchev–Trinajstić information content (AvgIpc) is 3.16. The van der Waals surface area contributed by atoms with Gasteiger partial charge in [-0.2, -0.15) is 0 Å². The fraction of sp³-hybridized carbons (Fsp3) is 0.350. The van der Waals surface area contributed by atoms with Gasteiger partial charge in [-0.05, 0) is 49.2 Å². The van der Waals surface area contributed by atoms with E-state index in [2.05, 4.69) is 0 Å². The van der Waals surface area contributed by atoms with Crippen molar-refractivity contribution in [3.63, 3.8) is 0 Å². The fourth-order valence-corrected chi connectivity index (χ4v) is 3.33. The first-order valence-corrected chi connectivity index (χ1v) is 8.35. The lowest BCUT2D eigenvalue weighted by Gasteiger charge is -2.26. The van der Waals surface area contributed by atoms with Crippen LogP contribution in [0.2, 0.25) is 0 Å². The lowest BCUT2D eigenvalue weighted by molar-refractivity contribution is 0.0734. The zero-order chi connectivity index (χ0) is 17.8. The first kappa shape index (κ1) is 17.1. The first-order chi connectivity index (χ1) is 12.2. The molecular formula is C20H23NO4. The first-order valence-electron chi connectivity index (χ1n) is 8.35. The molecule has 1 fully saturated rings. The number of methoxy groups -OCH3 is 3. The van der Waals surface area contributed by atoms with E-state index in [1.165, 1.54) is 0 Å². The van der Waals surface area contributed by atoms with Crippen molar-refractivity contribution in [3.05, 3.63) is 53.6 Å². The highest BCUT2D eigenvalue weighted by molar-refractivity contribution is 5.94. The van der Waals surface area contributed by atoms with Crippen LogP contribution in [-0.4, -0.2) is 38.7 Å². The largest absolute Gasteiger partial charge is 0.497 e. The van der Waals surface area contributed by atoms with Crippen LogP contribution >= 0.6 is 0 Å². The standard InChI is InChI=1S/C20H23NO4/c1-23-15-8-6-14(7-9-15)20(22)21-12-4-5-18(21)17-11-10-16(24-2)13-19(17)25-3/h6-11,13,18H,4-5,12H2,1-3H3. The molecule has 0 saturated carbocycles. The summed E-state index contributed by atoms with van der Waals surface area (Å²) in [5.74, 6) is 2.26. The van der Waals surface area contributed by atoms with Crippen molar-refractivity contribution >= 4 is 5.91 Å². The second-order valence-electron chi connectivity index (χ2n) is 5.99. The van der Waals surface area contributed by atoms with Crippen LogP contribution in [0.1, 0.15) is 34.8 Å². The molecule has 5 heteroatoms. The van der Waals surface area contributed by atoms with E-state index < -0.39 is 0 Å². The molecule has 0 aliphatic carbocycles. The Kier molecular flexibility index (Phi) is 5.12. The Balaban J connectivity index is 1.88. The molecule has 2 aromatic rings. The van der Waals surface area contributed by atoms with Crippen LogP contribution in [0.4, 0.5) is 0 Å². The lowest BCUT2D eigenvalue weighted by Crippen LogP contribution is -2.30. The summed E-state index contributed by atoms with van der Waals surface area (Å²) >= 11 is 0. The zero-order valence-electron chi connectivity index (χ0n) is 14.8. The van der Waals surface area contributed by atoms with Crippen LogP contribution in [0.3, 0.4) is 0 Å². The van der Waals surface area contributed by atoms with Crippen LogP contribution in [0.15, 0.2) is 42.5 Å². The minimum atomic E-state index is 0.00968. The highest BCUT2D eigenvalue weighted by Crippen LogP contribution is 2.39. The van der Waals surface area contributed by atoms with Gasteiger partial charge in [0.05, 0.1) is 27.4 Å². The Morgan fingerprint density at radius 1 is 0.960 bits per heavy atom. The molecule has 1 unspecified atom stereocenters. The number of hydrogen-bond donors (Lipinski definition) is 0. The van der Waals surface area contributed by atoms with Crippen molar-refractivity contribution in [2.45, 2.75) is 18.9 Å². The number of benzene rings is 2. The van der Waals surface area contributed by atoms with E-state index in [0.29, 0.717) is 5.56 Å². The zero-order valence-corrected chi connectivity index (χ0v) is 14.8. The molecule has 0 radical (unpaired) electrons. The van der Waals surface area contributed by atoms with Crippen molar-refractivity contribution in [1.29, 1.82) is 0 Å². The summed E-state index contributed by atoms with van der Waals surface area (Å²) in [5.41, 5.74) is 1.68. The number of ether oxygens (including phenoxy) is 3. The maximum absolute atomic E-state index is 13.0. The lowest BCUT2D eigenvalue weighted by atomic mass is 10.0. The van der Waals surface area contributed by atoms with Crippen LogP contribution < -0.4 is 14.2 Å². The molecule has 0 spiro atoms. The molecule has 0 aromatic heterocycles. The molecule has 3 rings (SSSR count). The summed E-state index contributed by atoms with van der Waals surface area (Å²) in [7, 11) is 4.88. The number of carbonyl (C=O) groups excluding carboxylic acids is 1. The van der Waals surface area contributed by atoms with Gasteiger partial charge in [0.25, 0.3) is 5.91 Å². The van der Waals surface area contributed by atoms with Gasteiger partial charge in [0.2, 0.25) is 0 Å². The number of rotatable bonds is 5. The minimum absolute atomic E-state index is 0.00968. The van der Waals surface area contributed by atoms with Gasteiger partial charge in [-0.1, -0.05) is 0 Å². The molecule has 5 nitrogen and oxygen atoms in total. The Labute approximate surface area is 148 Å². The van der Waals surface area contributed by atoms with Gasteiger partial charge < -0.3 is 19.1 Å². The third kappa shape index (κ3) is 3.40. The molecule has 0 N–H and O–H groups in total. The van der Waals surface area contributed by atoms with Crippen LogP contribution in [0.5, 0.6) is 17.2 Å². The molecule has 1 amide bonds. The summed E-state index contributed by atoms with van der Waals surface area (Å²) in [6.45, 7) is 0.741. The van der Waals surface area contributed by atoms with Crippen molar-refractivity contribution in [1.82, 2.24) is 4.90 Å². The van der Waals surface area contributed by atoms with Crippen LogP contribution in [0, 0.1) is 0 Å². The highest BCUT2D eigenvalue weighted by atomic mass is 16.5. The second-order valence-corrected chi connectivity index (χ2v) is 5.99. The average molecular weight is 341 g/mol. The van der Waals surface area contributed by atoms with Gasteiger partial charge in [0, 0.05) is 23.7 Å². The monoisotopic (exact) mass is 341 g/mol. The maximum Gasteiger partial charge on any atom is 0.254 e. The van der Waals surface area contributed by atoms with E-state index in [-0.39, 0.29) is 11.9 Å². The van der Waals surface area contributed by atoms with E-state index in [1.807, 2.05) is 47.4 Å². The van der Waals surface area contributed by atoms with E-state index in [1.54, 1.807) is 21.3 Å². The molecular weight excluding hydrogens is 318 g/mol. The van der Waals surface area contributed by atoms with E-state index in [0.717, 1.165) is 42.2 Å². The van der Waals surface area contributed by atoms with E-state index >= 15 is 0 Å². The predicted octanol–water partition coefficient (Wildman–Crippen LogP) is 3.69. The summed E-state index contributed by atoms with van der Waals surface area (Å²) < 4.78 is 16.0. The second kappa shape index (κ2) is 7.47. The molecule has 1 heterocycles. The van der Waals surface area contributed by atoms with Crippen molar-refractivity contribution in [2.75, 3.05) is 27.9 Å². The summed E-state index contributed by atoms with van der Waals surface area (Å²) in [6.07, 6.45) is 1.90. The molecule has 132 valence electrons. The quantitative estimate of drug-likeness (QED) is 0.832. The van der Waals surface area contributed by atoms with Crippen molar-refractivity contribution in [2.24, 2.45) is 0 Å². The third-order valence-electron chi connectivity index (χ3n) is 4.65. The van der Waals surface area contributed by atoms with Crippen molar-refractivity contribution in [3.8, 4) is 17.2 Å². The number of likely N-dealkylation sites (tertiary alicyclic amines) is 1. The third-order valence-corrected chi connectivity index (χ3v) is 4.65. The predicted molar refractivity (Wildman–Crippen MR) is 95.6 cm³/mol. The summed E-state index contributed by atoms with van der Waals surface area (Å²) in [6, 6.07) is 13.0. The number of carbonyl (C=O) groups is 1. The maximum atomic E-state index is 13.0. The van der Waals surface area contributed by atoms with E-state index in [4.69, 9.17) is 14.2 Å². The Bertz CT molecular complexity index is 742. The van der Waals surface area contributed by atoms with Gasteiger partial charge >= 0.3 is 0 Å². The fourth-order valence-electron chi connectivity index (χ4n) is 3.33. The van der Waals surface area contributed by atoms with Crippen molar-refractivity contribution < 1.29 is 19.0 Å². The Morgan fingerprint density at radius 2 is 1.64 bits per heavy atom. The SMILES string of the molecule is COc1ccc(C(=O)N2CCCC2c2ccc(OC)cc2OC)cc1. The molecule has 1 aliphatic rings. The number of amides is 1. The Morgan fingerprint density at radius 3 is 2.28 bits per heavy atom. The topological polar surface area (TPSA) is 48.0 Å². The van der Waals surface area contributed by atoms with Gasteiger partial charge in [0.1, 0.15) is 17.2 Å². The summed E-state index contributed by atoms with van der Waals surface area (Å²) in [4.78, 5) is 14.9. The molecule has 2 aromatic carbocycles. The Hall–Kier alpha value is -2.69.